The first-order valence-corrected chi connectivity index (χ1v) is 8.34. The minimum atomic E-state index is -0.818. The highest BCUT2D eigenvalue weighted by atomic mass is 16.6. The minimum Gasteiger partial charge on any atom is -0.445 e. The molecule has 0 spiro atoms. The third-order valence-corrected chi connectivity index (χ3v) is 4.79. The van der Waals surface area contributed by atoms with Crippen LogP contribution in [0, 0.1) is 12.3 Å². The fourth-order valence-electron chi connectivity index (χ4n) is 3.67. The number of hydrogen-bond acceptors (Lipinski definition) is 4. The Morgan fingerprint density at radius 1 is 1.33 bits per heavy atom. The second-order valence-electron chi connectivity index (χ2n) is 6.63. The van der Waals surface area contributed by atoms with E-state index in [9.17, 15) is 9.90 Å². The van der Waals surface area contributed by atoms with E-state index in [2.05, 4.69) is 5.92 Å². The zero-order chi connectivity index (χ0) is 17.0. The average Bonchev–Trinajstić information content (AvgIpc) is 2.58. The number of morpholine rings is 1. The number of aliphatic hydroxyl groups is 1. The van der Waals surface area contributed by atoms with Gasteiger partial charge in [-0.3, -0.25) is 4.90 Å². The van der Waals surface area contributed by atoms with Crippen LogP contribution in [0.2, 0.25) is 0 Å². The molecule has 24 heavy (non-hydrogen) atoms. The standard InChI is InChI=1S/C19H23NO4/c1-2-3-9-19(22)10-16-13-23-14-17(11-19)20(16)18(21)24-12-15-7-5-4-6-8-15/h1,4-8,16-17,22H,3,9-14H2. The molecule has 0 aliphatic carbocycles. The van der Waals surface area contributed by atoms with E-state index in [1.807, 2.05) is 30.3 Å². The molecule has 128 valence electrons. The first-order valence-electron chi connectivity index (χ1n) is 8.34. The summed E-state index contributed by atoms with van der Waals surface area (Å²) in [5.74, 6) is 2.58. The molecule has 2 aliphatic heterocycles. The van der Waals surface area contributed by atoms with Gasteiger partial charge >= 0.3 is 6.09 Å². The highest BCUT2D eigenvalue weighted by molar-refractivity contribution is 5.69. The lowest BCUT2D eigenvalue weighted by Gasteiger charge is -2.50. The van der Waals surface area contributed by atoms with Crippen LogP contribution in [0.4, 0.5) is 4.79 Å². The number of ether oxygens (including phenoxy) is 2. The molecule has 5 heteroatoms. The molecule has 2 fully saturated rings. The van der Waals surface area contributed by atoms with Crippen LogP contribution in [-0.2, 0) is 16.1 Å². The zero-order valence-electron chi connectivity index (χ0n) is 13.7. The number of nitrogens with zero attached hydrogens (tertiary/aromatic N) is 1. The first kappa shape index (κ1) is 16.8. The van der Waals surface area contributed by atoms with Crippen LogP contribution in [0.5, 0.6) is 0 Å². The summed E-state index contributed by atoms with van der Waals surface area (Å²) in [6.07, 6.45) is 7.03. The Hall–Kier alpha value is -2.03. The van der Waals surface area contributed by atoms with Crippen molar-refractivity contribution >= 4 is 6.09 Å². The van der Waals surface area contributed by atoms with E-state index in [0.717, 1.165) is 5.56 Å². The third-order valence-electron chi connectivity index (χ3n) is 4.79. The highest BCUT2D eigenvalue weighted by Gasteiger charge is 2.48. The first-order chi connectivity index (χ1) is 11.6. The Bertz CT molecular complexity index is 596. The summed E-state index contributed by atoms with van der Waals surface area (Å²) >= 11 is 0. The predicted molar refractivity (Wildman–Crippen MR) is 89.1 cm³/mol. The number of benzene rings is 1. The number of carbonyl (C=O) groups excluding carboxylic acids is 1. The predicted octanol–water partition coefficient (Wildman–Crippen LogP) is 2.33. The van der Waals surface area contributed by atoms with Gasteiger partial charge in [-0.15, -0.1) is 12.3 Å². The van der Waals surface area contributed by atoms with E-state index in [1.165, 1.54) is 0 Å². The second-order valence-corrected chi connectivity index (χ2v) is 6.63. The van der Waals surface area contributed by atoms with Gasteiger partial charge in [-0.2, -0.15) is 0 Å². The van der Waals surface area contributed by atoms with Crippen LogP contribution in [0.1, 0.15) is 31.2 Å². The highest BCUT2D eigenvalue weighted by Crippen LogP contribution is 2.37. The van der Waals surface area contributed by atoms with Crippen molar-refractivity contribution in [2.45, 2.75) is 50.0 Å². The molecule has 1 aromatic rings. The summed E-state index contributed by atoms with van der Waals surface area (Å²) in [5, 5.41) is 10.8. The van der Waals surface area contributed by atoms with Gasteiger partial charge in [0, 0.05) is 6.42 Å². The molecule has 2 saturated heterocycles. The van der Waals surface area contributed by atoms with Crippen molar-refractivity contribution in [3.8, 4) is 12.3 Å². The zero-order valence-corrected chi connectivity index (χ0v) is 13.7. The Kier molecular flexibility index (Phi) is 5.08. The van der Waals surface area contributed by atoms with Crippen LogP contribution in [0.3, 0.4) is 0 Å². The van der Waals surface area contributed by atoms with Crippen LogP contribution < -0.4 is 0 Å². The maximum Gasteiger partial charge on any atom is 0.410 e. The molecule has 1 amide bonds. The van der Waals surface area contributed by atoms with E-state index >= 15 is 0 Å². The fraction of sp³-hybridized carbons (Fsp3) is 0.526. The van der Waals surface area contributed by atoms with Crippen molar-refractivity contribution < 1.29 is 19.4 Å². The summed E-state index contributed by atoms with van der Waals surface area (Å²) in [6.45, 7) is 1.10. The van der Waals surface area contributed by atoms with E-state index < -0.39 is 5.60 Å². The third kappa shape index (κ3) is 3.72. The molecule has 2 aliphatic rings. The maximum absolute atomic E-state index is 12.5. The number of amides is 1. The molecule has 3 rings (SSSR count). The Morgan fingerprint density at radius 2 is 2.00 bits per heavy atom. The van der Waals surface area contributed by atoms with Crippen molar-refractivity contribution in [1.82, 2.24) is 4.90 Å². The van der Waals surface area contributed by atoms with Gasteiger partial charge < -0.3 is 14.6 Å². The monoisotopic (exact) mass is 329 g/mol. The SMILES string of the molecule is C#CCCC1(O)CC2COCC(C1)N2C(=O)OCc1ccccc1. The number of fused-ring (bicyclic) bond motifs is 2. The van der Waals surface area contributed by atoms with Crippen LogP contribution in [-0.4, -0.2) is 47.0 Å². The molecule has 0 radical (unpaired) electrons. The number of terminal acetylenes is 1. The van der Waals surface area contributed by atoms with Crippen molar-refractivity contribution in [2.24, 2.45) is 0 Å². The number of hydrogen-bond donors (Lipinski definition) is 1. The van der Waals surface area contributed by atoms with Gasteiger partial charge in [0.05, 0.1) is 30.9 Å². The smallest absolute Gasteiger partial charge is 0.410 e. The largest absolute Gasteiger partial charge is 0.445 e. The molecule has 5 nitrogen and oxygen atoms in total. The lowest BCUT2D eigenvalue weighted by molar-refractivity contribution is -0.135. The van der Waals surface area contributed by atoms with E-state index in [0.29, 0.717) is 38.9 Å². The number of rotatable bonds is 4. The molecular formula is C19H23NO4. The fourth-order valence-corrected chi connectivity index (χ4v) is 3.67. The van der Waals surface area contributed by atoms with Gasteiger partial charge in [0.15, 0.2) is 0 Å². The summed E-state index contributed by atoms with van der Waals surface area (Å²) in [6, 6.07) is 9.27. The van der Waals surface area contributed by atoms with Gasteiger partial charge in [-0.05, 0) is 24.8 Å². The van der Waals surface area contributed by atoms with Crippen LogP contribution in [0.25, 0.3) is 0 Å². The summed E-state index contributed by atoms with van der Waals surface area (Å²) < 4.78 is 11.0. The summed E-state index contributed by atoms with van der Waals surface area (Å²) in [4.78, 5) is 14.3. The average molecular weight is 329 g/mol. The van der Waals surface area contributed by atoms with Crippen LogP contribution >= 0.6 is 0 Å². The van der Waals surface area contributed by atoms with Crippen molar-refractivity contribution in [2.75, 3.05) is 13.2 Å². The van der Waals surface area contributed by atoms with Gasteiger partial charge in [-0.25, -0.2) is 4.79 Å². The Morgan fingerprint density at radius 3 is 2.62 bits per heavy atom. The normalized spacial score (nSPS) is 28.9. The topological polar surface area (TPSA) is 59.0 Å². The van der Waals surface area contributed by atoms with Gasteiger partial charge in [0.25, 0.3) is 0 Å². The molecule has 2 unspecified atom stereocenters. The van der Waals surface area contributed by atoms with E-state index in [-0.39, 0.29) is 24.8 Å². The molecule has 1 N–H and O–H groups in total. The maximum atomic E-state index is 12.5. The minimum absolute atomic E-state index is 0.163. The quantitative estimate of drug-likeness (QED) is 0.862. The summed E-state index contributed by atoms with van der Waals surface area (Å²) in [7, 11) is 0. The Balaban J connectivity index is 1.63. The van der Waals surface area contributed by atoms with Gasteiger partial charge in [-0.1, -0.05) is 30.3 Å². The van der Waals surface area contributed by atoms with Crippen molar-refractivity contribution in [1.29, 1.82) is 0 Å². The van der Waals surface area contributed by atoms with Gasteiger partial charge in [0.2, 0.25) is 0 Å². The van der Waals surface area contributed by atoms with Crippen molar-refractivity contribution in [3.05, 3.63) is 35.9 Å². The molecule has 2 bridgehead atoms. The number of piperidine rings is 1. The van der Waals surface area contributed by atoms with Crippen LogP contribution in [0.15, 0.2) is 30.3 Å². The second kappa shape index (κ2) is 7.25. The molecular weight excluding hydrogens is 306 g/mol. The lowest BCUT2D eigenvalue weighted by atomic mass is 9.79. The lowest BCUT2D eigenvalue weighted by Crippen LogP contribution is -2.63. The van der Waals surface area contributed by atoms with Crippen molar-refractivity contribution in [3.63, 3.8) is 0 Å². The summed E-state index contributed by atoms with van der Waals surface area (Å²) in [5.41, 5.74) is 0.136. The molecule has 2 atom stereocenters. The Labute approximate surface area is 142 Å². The number of carbonyl (C=O) groups is 1. The molecule has 1 aromatic carbocycles. The van der Waals surface area contributed by atoms with E-state index in [1.54, 1.807) is 4.90 Å². The molecule has 0 aromatic heterocycles. The van der Waals surface area contributed by atoms with Gasteiger partial charge in [0.1, 0.15) is 6.61 Å². The van der Waals surface area contributed by atoms with E-state index in [4.69, 9.17) is 15.9 Å². The molecule has 0 saturated carbocycles. The molecule has 2 heterocycles.